The van der Waals surface area contributed by atoms with Crippen LogP contribution in [0.3, 0.4) is 0 Å². The Morgan fingerprint density at radius 1 is 1.00 bits per heavy atom. The molecule has 0 aromatic heterocycles. The first-order valence-electron chi connectivity index (χ1n) is 11.5. The summed E-state index contributed by atoms with van der Waals surface area (Å²) in [5, 5.41) is 3.38. The average Bonchev–Trinajstić information content (AvgIpc) is 2.87. The van der Waals surface area contributed by atoms with Crippen LogP contribution >= 0.6 is 11.6 Å². The minimum atomic E-state index is -4.05. The van der Waals surface area contributed by atoms with E-state index < -0.39 is 22.5 Å². The first kappa shape index (κ1) is 27.4. The molecule has 36 heavy (non-hydrogen) atoms. The molecule has 7 nitrogen and oxygen atoms in total. The molecule has 3 aromatic rings. The van der Waals surface area contributed by atoms with Crippen LogP contribution in [0, 0.1) is 13.8 Å². The summed E-state index contributed by atoms with van der Waals surface area (Å²) in [5.74, 6) is 0.668. The lowest BCUT2D eigenvalue weighted by Gasteiger charge is -2.27. The summed E-state index contributed by atoms with van der Waals surface area (Å²) in [7, 11) is -0.958. The molecule has 0 bridgehead atoms. The van der Waals surface area contributed by atoms with Crippen LogP contribution in [0.2, 0.25) is 5.02 Å². The van der Waals surface area contributed by atoms with Gasteiger partial charge < -0.3 is 14.8 Å². The number of methoxy groups -OCH3 is 2. The van der Waals surface area contributed by atoms with Crippen molar-refractivity contribution in [2.24, 2.45) is 0 Å². The van der Waals surface area contributed by atoms with E-state index in [-0.39, 0.29) is 10.9 Å². The number of nitrogens with one attached hydrogen (secondary N) is 1. The molecular weight excluding hydrogens is 500 g/mol. The molecule has 0 aliphatic rings. The number of sulfonamides is 1. The van der Waals surface area contributed by atoms with Gasteiger partial charge in [-0.1, -0.05) is 48.4 Å². The first-order chi connectivity index (χ1) is 17.1. The van der Waals surface area contributed by atoms with Crippen molar-refractivity contribution >= 4 is 33.2 Å². The van der Waals surface area contributed by atoms with Gasteiger partial charge in [-0.05, 0) is 67.8 Å². The topological polar surface area (TPSA) is 84.9 Å². The molecule has 0 spiro atoms. The Kier molecular flexibility index (Phi) is 8.87. The number of anilines is 1. The van der Waals surface area contributed by atoms with E-state index in [0.29, 0.717) is 34.2 Å². The zero-order valence-electron chi connectivity index (χ0n) is 21.0. The second-order valence-corrected chi connectivity index (χ2v) is 10.6. The molecular formula is C27H31ClN2O5S. The normalized spacial score (nSPS) is 12.1. The van der Waals surface area contributed by atoms with Gasteiger partial charge in [0.25, 0.3) is 10.0 Å². The quantitative estimate of drug-likeness (QED) is 0.377. The maximum absolute atomic E-state index is 13.7. The van der Waals surface area contributed by atoms with E-state index in [9.17, 15) is 13.2 Å². The third-order valence-corrected chi connectivity index (χ3v) is 8.14. The summed E-state index contributed by atoms with van der Waals surface area (Å²) in [6.07, 6.45) is 0.585. The number of hydrogen-bond acceptors (Lipinski definition) is 5. The highest BCUT2D eigenvalue weighted by Gasteiger charge is 2.29. The maximum atomic E-state index is 13.7. The lowest BCUT2D eigenvalue weighted by molar-refractivity contribution is -0.120. The maximum Gasteiger partial charge on any atom is 0.264 e. The fraction of sp³-hybridized carbons (Fsp3) is 0.296. The van der Waals surface area contributed by atoms with Crippen molar-refractivity contribution < 1.29 is 22.7 Å². The molecule has 1 atom stereocenters. The fourth-order valence-electron chi connectivity index (χ4n) is 3.86. The highest BCUT2D eigenvalue weighted by atomic mass is 35.5. The van der Waals surface area contributed by atoms with Gasteiger partial charge in [0, 0.05) is 5.02 Å². The Hall–Kier alpha value is -3.23. The molecule has 0 aliphatic heterocycles. The largest absolute Gasteiger partial charge is 0.493 e. The molecule has 9 heteroatoms. The summed E-state index contributed by atoms with van der Waals surface area (Å²) in [6.45, 7) is 5.12. The first-order valence-corrected chi connectivity index (χ1v) is 13.3. The van der Waals surface area contributed by atoms with Crippen LogP contribution in [0.5, 0.6) is 11.5 Å². The van der Waals surface area contributed by atoms with Crippen LogP contribution in [0.25, 0.3) is 0 Å². The van der Waals surface area contributed by atoms with E-state index in [0.717, 1.165) is 15.4 Å². The predicted octanol–water partition coefficient (Wildman–Crippen LogP) is 5.44. The Morgan fingerprint density at radius 2 is 1.67 bits per heavy atom. The van der Waals surface area contributed by atoms with Crippen LogP contribution < -0.4 is 19.1 Å². The average molecular weight is 531 g/mol. The minimum Gasteiger partial charge on any atom is -0.493 e. The smallest absolute Gasteiger partial charge is 0.264 e. The number of ether oxygens (including phenoxy) is 2. The van der Waals surface area contributed by atoms with Crippen molar-refractivity contribution in [1.29, 1.82) is 0 Å². The summed E-state index contributed by atoms with van der Waals surface area (Å²) >= 11 is 6.31. The zero-order chi connectivity index (χ0) is 26.5. The molecule has 192 valence electrons. The molecule has 0 saturated heterocycles. The number of hydrogen-bond donors (Lipinski definition) is 1. The molecule has 3 rings (SSSR count). The monoisotopic (exact) mass is 530 g/mol. The van der Waals surface area contributed by atoms with Gasteiger partial charge in [-0.25, -0.2) is 8.42 Å². The molecule has 0 fully saturated rings. The summed E-state index contributed by atoms with van der Waals surface area (Å²) in [5.41, 5.74) is 2.65. The van der Waals surface area contributed by atoms with Crippen molar-refractivity contribution in [3.05, 3.63) is 82.4 Å². The van der Waals surface area contributed by atoms with Gasteiger partial charge in [0.1, 0.15) is 6.54 Å². The number of carbonyl (C=O) groups excluding carboxylic acids is 1. The van der Waals surface area contributed by atoms with Gasteiger partial charge in [-0.15, -0.1) is 0 Å². The molecule has 0 radical (unpaired) electrons. The molecule has 0 heterocycles. The minimum absolute atomic E-state index is 0.0900. The lowest BCUT2D eigenvalue weighted by atomic mass is 10.0. The molecule has 3 aromatic carbocycles. The summed E-state index contributed by atoms with van der Waals surface area (Å²) in [6, 6.07) is 16.6. The number of nitrogens with zero attached hydrogens (tertiary/aromatic N) is 1. The van der Waals surface area contributed by atoms with E-state index in [1.807, 2.05) is 19.9 Å². The van der Waals surface area contributed by atoms with E-state index >= 15 is 0 Å². The third kappa shape index (κ3) is 5.94. The van der Waals surface area contributed by atoms with Gasteiger partial charge >= 0.3 is 0 Å². The van der Waals surface area contributed by atoms with Crippen LogP contribution in [-0.2, 0) is 14.8 Å². The van der Waals surface area contributed by atoms with Crippen LogP contribution in [0.4, 0.5) is 5.69 Å². The van der Waals surface area contributed by atoms with Gasteiger partial charge in [-0.2, -0.15) is 0 Å². The highest BCUT2D eigenvalue weighted by Crippen LogP contribution is 2.32. The van der Waals surface area contributed by atoms with E-state index in [1.165, 1.54) is 12.1 Å². The molecule has 0 saturated carbocycles. The van der Waals surface area contributed by atoms with Gasteiger partial charge in [0.05, 0.1) is 30.8 Å². The fourth-order valence-corrected chi connectivity index (χ4v) is 5.51. The highest BCUT2D eigenvalue weighted by molar-refractivity contribution is 7.92. The van der Waals surface area contributed by atoms with Gasteiger partial charge in [0.15, 0.2) is 11.5 Å². The number of aryl methyl sites for hydroxylation is 1. The Balaban J connectivity index is 1.95. The molecule has 1 unspecified atom stereocenters. The number of carbonyl (C=O) groups is 1. The van der Waals surface area contributed by atoms with Crippen molar-refractivity contribution in [1.82, 2.24) is 5.32 Å². The van der Waals surface area contributed by atoms with E-state index in [2.05, 4.69) is 5.32 Å². The molecule has 1 N–H and O–H groups in total. The predicted molar refractivity (Wildman–Crippen MR) is 143 cm³/mol. The van der Waals surface area contributed by atoms with Crippen LogP contribution in [-0.4, -0.2) is 35.1 Å². The second kappa shape index (κ2) is 11.7. The number of amides is 1. The Labute approximate surface area is 218 Å². The standard InChI is InChI=1S/C27H31ClN2O5S/c1-6-23(20-12-15-25(34-4)26(16-20)35-5)29-27(31)17-30(24-9-7-8-22(28)19(24)3)36(32,33)21-13-10-18(2)11-14-21/h7-16,23H,6,17H2,1-5H3,(H,29,31). The molecule has 0 aliphatic carbocycles. The number of benzene rings is 3. The zero-order valence-corrected chi connectivity index (χ0v) is 22.6. The second-order valence-electron chi connectivity index (χ2n) is 8.35. The molecule has 1 amide bonds. The lowest BCUT2D eigenvalue weighted by Crippen LogP contribution is -2.42. The number of halogens is 1. The van der Waals surface area contributed by atoms with Gasteiger partial charge in [-0.3, -0.25) is 9.10 Å². The van der Waals surface area contributed by atoms with Gasteiger partial charge in [0.2, 0.25) is 5.91 Å². The van der Waals surface area contributed by atoms with Crippen molar-refractivity contribution in [2.45, 2.75) is 38.1 Å². The third-order valence-electron chi connectivity index (χ3n) is 5.96. The Bertz CT molecular complexity index is 1330. The summed E-state index contributed by atoms with van der Waals surface area (Å²) < 4.78 is 39.2. The SMILES string of the molecule is CCC(NC(=O)CN(c1cccc(Cl)c1C)S(=O)(=O)c1ccc(C)cc1)c1ccc(OC)c(OC)c1. The number of rotatable bonds is 10. The van der Waals surface area contributed by atoms with Crippen LogP contribution in [0.15, 0.2) is 65.6 Å². The van der Waals surface area contributed by atoms with Crippen molar-refractivity contribution in [3.8, 4) is 11.5 Å². The Morgan fingerprint density at radius 3 is 2.28 bits per heavy atom. The van der Waals surface area contributed by atoms with Crippen molar-refractivity contribution in [3.63, 3.8) is 0 Å². The van der Waals surface area contributed by atoms with Crippen molar-refractivity contribution in [2.75, 3.05) is 25.1 Å². The van der Waals surface area contributed by atoms with E-state index in [1.54, 1.807) is 63.6 Å². The van der Waals surface area contributed by atoms with E-state index in [4.69, 9.17) is 21.1 Å². The summed E-state index contributed by atoms with van der Waals surface area (Å²) in [4.78, 5) is 13.4. The van der Waals surface area contributed by atoms with Crippen LogP contribution in [0.1, 0.15) is 36.1 Å².